The summed E-state index contributed by atoms with van der Waals surface area (Å²) in [6.45, 7) is 5.86. The third-order valence-electron chi connectivity index (χ3n) is 11.6. The van der Waals surface area contributed by atoms with E-state index in [1.54, 1.807) is 54.6 Å². The molecule has 0 aliphatic heterocycles. The second kappa shape index (κ2) is 30.2. The predicted octanol–water partition coefficient (Wildman–Crippen LogP) is 8.03. The Kier molecular flexibility index (Phi) is 23.3. The van der Waals surface area contributed by atoms with Crippen LogP contribution in [0.15, 0.2) is 91.0 Å². The van der Waals surface area contributed by atoms with Crippen molar-refractivity contribution in [3.63, 3.8) is 0 Å². The van der Waals surface area contributed by atoms with Crippen molar-refractivity contribution in [2.45, 2.75) is 78.2 Å². The van der Waals surface area contributed by atoms with Crippen molar-refractivity contribution in [3.05, 3.63) is 108 Å². The van der Waals surface area contributed by atoms with Gasteiger partial charge in [-0.1, -0.05) is 30.3 Å². The van der Waals surface area contributed by atoms with E-state index in [0.29, 0.717) is 11.5 Å². The number of methoxy groups -OCH3 is 7. The first-order chi connectivity index (χ1) is 38.8. The Morgan fingerprint density at radius 1 is 0.321 bits per heavy atom. The molecule has 0 saturated carbocycles. The fourth-order valence-corrected chi connectivity index (χ4v) is 8.08. The van der Waals surface area contributed by atoms with Crippen LogP contribution in [-0.2, 0) is 52.5 Å². The van der Waals surface area contributed by atoms with E-state index in [2.05, 4.69) is 0 Å². The Bertz CT molecular complexity index is 2920. The van der Waals surface area contributed by atoms with Gasteiger partial charge in [0.15, 0.2) is 94.1 Å². The van der Waals surface area contributed by atoms with Crippen molar-refractivity contribution < 1.29 is 109 Å². The van der Waals surface area contributed by atoms with Crippen LogP contribution in [0.2, 0.25) is 0 Å². The summed E-state index contributed by atoms with van der Waals surface area (Å²) in [6, 6.07) is 23.8. The summed E-state index contributed by atoms with van der Waals surface area (Å²) in [4.78, 5) is 75.2. The fourth-order valence-electron chi connectivity index (χ4n) is 8.08. The lowest BCUT2D eigenvalue weighted by Gasteiger charge is -2.32. The molecule has 436 valence electrons. The summed E-state index contributed by atoms with van der Waals surface area (Å²) in [6.07, 6.45) is -7.84. The minimum absolute atomic E-state index is 0.0144. The van der Waals surface area contributed by atoms with Crippen LogP contribution in [0.4, 0.5) is 0 Å². The van der Waals surface area contributed by atoms with Crippen LogP contribution in [-0.4, -0.2) is 124 Å². The zero-order valence-electron chi connectivity index (χ0n) is 47.1. The Hall–Kier alpha value is -9.28. The summed E-state index contributed by atoms with van der Waals surface area (Å²) >= 11 is 0. The van der Waals surface area contributed by atoms with Gasteiger partial charge in [0.1, 0.15) is 19.8 Å². The van der Waals surface area contributed by atoms with Gasteiger partial charge in [0.25, 0.3) is 0 Å². The highest BCUT2D eigenvalue weighted by Gasteiger charge is 2.38. The van der Waals surface area contributed by atoms with Gasteiger partial charge < -0.3 is 80.5 Å². The third-order valence-corrected chi connectivity index (χ3v) is 11.6. The summed E-state index contributed by atoms with van der Waals surface area (Å²) in [7, 11) is 9.58. The van der Waals surface area contributed by atoms with Crippen molar-refractivity contribution in [2.24, 2.45) is 0 Å². The topological polar surface area (TPSA) is 259 Å². The minimum atomic E-state index is -1.41. The first-order valence-electron chi connectivity index (χ1n) is 24.8. The molecule has 23 heteroatoms. The molecule has 0 aliphatic carbocycles. The molecule has 0 heterocycles. The predicted molar refractivity (Wildman–Crippen MR) is 285 cm³/mol. The van der Waals surface area contributed by atoms with E-state index < -0.39 is 92.3 Å². The van der Waals surface area contributed by atoms with Gasteiger partial charge in [-0.25, -0.2) is 0 Å². The van der Waals surface area contributed by atoms with Gasteiger partial charge in [0.05, 0.1) is 49.8 Å². The van der Waals surface area contributed by atoms with Crippen LogP contribution in [0.1, 0.15) is 76.5 Å². The standard InChI is InChI=1S/C58H66O23/c1-32(59)72-29-51(78-43-20-16-14-18-41(43)65-7)55(76-36(5)63)39-25-47(68-10)57(48(26-39)69-11)80-53(31-74-34(3)61)54(38-22-23-45(75-35(4)62)46(24-38)67-9)81-58-49(70-12)27-40(28-50(58)71-13)56(77-37(6)64)52(30-73-33(2)60)79-44-21-17-15-19-42(44)66-8/h14-28,51-56H,29-31H2,1-13H3. The molecule has 0 bridgehead atoms. The van der Waals surface area contributed by atoms with Gasteiger partial charge in [-0.3, -0.25) is 28.8 Å². The summed E-state index contributed by atoms with van der Waals surface area (Å²) in [5.41, 5.74) is 0.710. The quantitative estimate of drug-likeness (QED) is 0.0239. The van der Waals surface area contributed by atoms with Gasteiger partial charge in [-0.15, -0.1) is 0 Å². The number of benzene rings is 5. The molecule has 5 rings (SSSR count). The minimum Gasteiger partial charge on any atom is -0.493 e. The van der Waals surface area contributed by atoms with Crippen LogP contribution in [0, 0.1) is 0 Å². The molecule has 0 spiro atoms. The highest BCUT2D eigenvalue weighted by molar-refractivity contribution is 5.71. The van der Waals surface area contributed by atoms with Crippen LogP contribution >= 0.6 is 0 Å². The van der Waals surface area contributed by atoms with Gasteiger partial charge in [0, 0.05) is 58.2 Å². The van der Waals surface area contributed by atoms with E-state index in [1.807, 2.05) is 0 Å². The zero-order chi connectivity index (χ0) is 59.3. The number of hydrogen-bond acceptors (Lipinski definition) is 23. The normalized spacial score (nSPS) is 12.9. The molecule has 6 atom stereocenters. The van der Waals surface area contributed by atoms with Crippen molar-refractivity contribution in [3.8, 4) is 69.0 Å². The maximum atomic E-state index is 12.9. The Morgan fingerprint density at radius 2 is 0.654 bits per heavy atom. The third kappa shape index (κ3) is 17.4. The SMILES string of the molecule is COc1cc(C(Oc2c(OC)cc(C(OC(C)=O)C(COC(C)=O)Oc3ccccc3OC)cc2OC)C(COC(C)=O)Oc2c(OC)cc(C(OC(C)=O)C(COC(C)=O)Oc3ccccc3OC)cc2OC)ccc1OC(C)=O. The van der Waals surface area contributed by atoms with Gasteiger partial charge in [0.2, 0.25) is 11.5 Å². The van der Waals surface area contributed by atoms with E-state index in [1.165, 1.54) is 128 Å². The largest absolute Gasteiger partial charge is 0.493 e. The molecule has 0 radical (unpaired) electrons. The highest BCUT2D eigenvalue weighted by atomic mass is 16.6. The molecule has 0 aliphatic rings. The second-order valence-electron chi connectivity index (χ2n) is 17.3. The smallest absolute Gasteiger partial charge is 0.308 e. The van der Waals surface area contributed by atoms with Crippen LogP contribution < -0.4 is 56.8 Å². The van der Waals surface area contributed by atoms with Crippen LogP contribution in [0.3, 0.4) is 0 Å². The molecule has 0 amide bonds. The number of esters is 6. The Balaban J connectivity index is 1.74. The number of carbonyl (C=O) groups is 6. The second-order valence-corrected chi connectivity index (χ2v) is 17.3. The molecular formula is C58H66O23. The molecule has 5 aromatic rings. The lowest BCUT2D eigenvalue weighted by Crippen LogP contribution is -2.35. The molecule has 0 aromatic heterocycles. The van der Waals surface area contributed by atoms with Gasteiger partial charge in [-0.05, 0) is 60.7 Å². The summed E-state index contributed by atoms with van der Waals surface area (Å²) < 4.78 is 101. The first kappa shape index (κ1) is 62.6. The fraction of sp³-hybridized carbons (Fsp3) is 0.379. The number of para-hydroxylation sites is 4. The molecule has 0 N–H and O–H groups in total. The lowest BCUT2D eigenvalue weighted by molar-refractivity contribution is -0.158. The van der Waals surface area contributed by atoms with Gasteiger partial charge >= 0.3 is 35.8 Å². The van der Waals surface area contributed by atoms with E-state index in [-0.39, 0.29) is 74.2 Å². The molecule has 23 nitrogen and oxygen atoms in total. The van der Waals surface area contributed by atoms with E-state index in [0.717, 1.165) is 0 Å². The molecule has 81 heavy (non-hydrogen) atoms. The van der Waals surface area contributed by atoms with Crippen molar-refractivity contribution in [1.82, 2.24) is 0 Å². The first-order valence-corrected chi connectivity index (χ1v) is 24.8. The van der Waals surface area contributed by atoms with E-state index in [9.17, 15) is 28.8 Å². The molecule has 0 saturated heterocycles. The highest BCUT2D eigenvalue weighted by Crippen LogP contribution is 2.48. The number of carbonyl (C=O) groups excluding carboxylic acids is 6. The number of ether oxygens (including phenoxy) is 17. The summed E-state index contributed by atoms with van der Waals surface area (Å²) in [5, 5.41) is 0. The van der Waals surface area contributed by atoms with Crippen LogP contribution in [0.5, 0.6) is 69.0 Å². The average molecular weight is 1130 g/mol. The van der Waals surface area contributed by atoms with E-state index in [4.69, 9.17) is 80.5 Å². The van der Waals surface area contributed by atoms with Crippen molar-refractivity contribution >= 4 is 35.8 Å². The van der Waals surface area contributed by atoms with Crippen LogP contribution in [0.25, 0.3) is 0 Å². The molecule has 5 aromatic carbocycles. The molecule has 0 fully saturated rings. The lowest BCUT2D eigenvalue weighted by atomic mass is 10.0. The van der Waals surface area contributed by atoms with Gasteiger partial charge in [-0.2, -0.15) is 0 Å². The Labute approximate surface area is 468 Å². The van der Waals surface area contributed by atoms with Crippen molar-refractivity contribution in [1.29, 1.82) is 0 Å². The maximum absolute atomic E-state index is 12.9. The van der Waals surface area contributed by atoms with Crippen molar-refractivity contribution in [2.75, 3.05) is 69.6 Å². The number of rotatable bonds is 30. The monoisotopic (exact) mass is 1130 g/mol. The maximum Gasteiger partial charge on any atom is 0.308 e. The molecule has 6 unspecified atom stereocenters. The summed E-state index contributed by atoms with van der Waals surface area (Å²) in [5.74, 6) is -3.08. The van der Waals surface area contributed by atoms with E-state index >= 15 is 0 Å². The Morgan fingerprint density at radius 3 is 0.988 bits per heavy atom. The average Bonchev–Trinajstić information content (AvgIpc) is 3.65. The zero-order valence-corrected chi connectivity index (χ0v) is 47.1. The number of hydrogen-bond donors (Lipinski definition) is 0. The molecular weight excluding hydrogens is 1060 g/mol.